The fourth-order valence-electron chi connectivity index (χ4n) is 0.414. The van der Waals surface area contributed by atoms with Gasteiger partial charge in [-0.05, 0) is 6.92 Å². The van der Waals surface area contributed by atoms with Crippen LogP contribution in [0.25, 0.3) is 0 Å². The molecule has 0 aromatic rings. The summed E-state index contributed by atoms with van der Waals surface area (Å²) in [5, 5.41) is 0.925. The summed E-state index contributed by atoms with van der Waals surface area (Å²) in [5.74, 6) is -0.585. The summed E-state index contributed by atoms with van der Waals surface area (Å²) >= 11 is 0. The Kier molecular flexibility index (Phi) is 3.08. The van der Waals surface area contributed by atoms with E-state index in [-0.39, 0.29) is 0 Å². The first-order chi connectivity index (χ1) is 4.48. The van der Waals surface area contributed by atoms with Gasteiger partial charge < -0.3 is 0 Å². The van der Waals surface area contributed by atoms with Crippen LogP contribution in [0.2, 0.25) is 0 Å². The summed E-state index contributed by atoms with van der Waals surface area (Å²) in [5.41, 5.74) is 0. The quantitative estimate of drug-likeness (QED) is 0.622. The van der Waals surface area contributed by atoms with E-state index in [1.54, 1.807) is 11.6 Å². The minimum absolute atomic E-state index is 0.585. The van der Waals surface area contributed by atoms with Gasteiger partial charge in [-0.3, -0.25) is 4.79 Å². The van der Waals surface area contributed by atoms with E-state index in [0.717, 1.165) is 12.3 Å². The molecule has 0 atom stereocenters. The molecule has 1 amide bonds. The third-order valence-corrected chi connectivity index (χ3v) is 1.80. The van der Waals surface area contributed by atoms with Gasteiger partial charge >= 0.3 is 0 Å². The van der Waals surface area contributed by atoms with E-state index in [1.807, 2.05) is 0 Å². The number of hydrogen-bond acceptors (Lipinski definition) is 3. The summed E-state index contributed by atoms with van der Waals surface area (Å²) in [4.78, 5) is 10.2. The minimum Gasteiger partial charge on any atom is -0.274 e. The summed E-state index contributed by atoms with van der Waals surface area (Å²) in [7, 11) is -3.51. The van der Waals surface area contributed by atoms with Gasteiger partial charge in [0.05, 0.1) is 0 Å². The molecule has 0 spiro atoms. The van der Waals surface area contributed by atoms with Crippen LogP contribution < -0.4 is 4.72 Å². The average molecular weight is 163 g/mol. The Hall–Kier alpha value is -0.840. The Morgan fingerprint density at radius 2 is 2.00 bits per heavy atom. The second-order valence-electron chi connectivity index (χ2n) is 1.67. The van der Waals surface area contributed by atoms with E-state index in [9.17, 15) is 13.2 Å². The zero-order valence-electron chi connectivity index (χ0n) is 5.79. The van der Waals surface area contributed by atoms with Gasteiger partial charge in [-0.25, -0.2) is 13.1 Å². The lowest BCUT2D eigenvalue weighted by atomic mass is 10.8. The Bertz CT molecular complexity index is 240. The van der Waals surface area contributed by atoms with Gasteiger partial charge in [-0.15, -0.1) is 0 Å². The molecule has 5 heteroatoms. The number of carbonyl (C=O) groups excluding carboxylic acids is 1. The summed E-state index contributed by atoms with van der Waals surface area (Å²) < 4.78 is 23.0. The molecule has 0 bridgehead atoms. The minimum atomic E-state index is -3.51. The van der Waals surface area contributed by atoms with Crippen LogP contribution in [0.4, 0.5) is 0 Å². The second-order valence-corrected chi connectivity index (χ2v) is 3.24. The molecule has 0 saturated carbocycles. The first-order valence-corrected chi connectivity index (χ1v) is 4.18. The smallest absolute Gasteiger partial charge is 0.256 e. The zero-order valence-corrected chi connectivity index (χ0v) is 6.60. The molecule has 0 heterocycles. The molecule has 1 N–H and O–H groups in total. The predicted molar refractivity (Wildman–Crippen MR) is 37.6 cm³/mol. The number of allylic oxidation sites excluding steroid dienone is 1. The first kappa shape index (κ1) is 9.16. The maximum absolute atomic E-state index is 10.6. The lowest BCUT2D eigenvalue weighted by molar-refractivity contribution is -0.117. The van der Waals surface area contributed by atoms with Crippen molar-refractivity contribution in [2.24, 2.45) is 0 Å². The van der Waals surface area contributed by atoms with E-state index >= 15 is 0 Å². The number of nitrogens with one attached hydrogen (secondary N) is 1. The fourth-order valence-corrected chi connectivity index (χ4v) is 1.24. The van der Waals surface area contributed by atoms with Gasteiger partial charge in [-0.1, -0.05) is 6.08 Å². The van der Waals surface area contributed by atoms with Crippen molar-refractivity contribution in [3.05, 3.63) is 11.5 Å². The topological polar surface area (TPSA) is 63.2 Å². The molecular weight excluding hydrogens is 154 g/mol. The van der Waals surface area contributed by atoms with E-state index < -0.39 is 15.9 Å². The second kappa shape index (κ2) is 3.36. The monoisotopic (exact) mass is 163 g/mol. The van der Waals surface area contributed by atoms with Crippen molar-refractivity contribution in [1.29, 1.82) is 0 Å². The molecule has 0 saturated heterocycles. The predicted octanol–water partition coefficient (Wildman–Crippen LogP) is -0.0141. The van der Waals surface area contributed by atoms with Crippen LogP contribution in [-0.2, 0) is 14.8 Å². The summed E-state index contributed by atoms with van der Waals surface area (Å²) in [6.07, 6.45) is 1.34. The average Bonchev–Trinajstić information content (AvgIpc) is 1.59. The van der Waals surface area contributed by atoms with Gasteiger partial charge in [0.2, 0.25) is 5.91 Å². The van der Waals surface area contributed by atoms with Crippen molar-refractivity contribution < 1.29 is 13.2 Å². The van der Waals surface area contributed by atoms with Gasteiger partial charge in [0.25, 0.3) is 10.0 Å². The molecule has 0 aromatic heterocycles. The van der Waals surface area contributed by atoms with Crippen LogP contribution in [0.5, 0.6) is 0 Å². The van der Waals surface area contributed by atoms with Crippen LogP contribution in [0, 0.1) is 0 Å². The largest absolute Gasteiger partial charge is 0.274 e. The molecule has 4 nitrogen and oxygen atoms in total. The Labute approximate surface area is 60.0 Å². The number of hydrogen-bond donors (Lipinski definition) is 1. The van der Waals surface area contributed by atoms with Crippen LogP contribution in [-0.4, -0.2) is 14.3 Å². The Balaban J connectivity index is 4.30. The van der Waals surface area contributed by atoms with Crippen molar-refractivity contribution >= 4 is 15.9 Å². The maximum Gasteiger partial charge on any atom is 0.256 e. The van der Waals surface area contributed by atoms with Gasteiger partial charge in [0, 0.05) is 12.3 Å². The molecule has 0 aliphatic heterocycles. The van der Waals surface area contributed by atoms with Crippen LogP contribution in [0.3, 0.4) is 0 Å². The van der Waals surface area contributed by atoms with E-state index in [4.69, 9.17) is 0 Å². The van der Waals surface area contributed by atoms with Gasteiger partial charge in [0.15, 0.2) is 0 Å². The third kappa shape index (κ3) is 4.08. The molecule has 0 aromatic carbocycles. The zero-order chi connectivity index (χ0) is 8.20. The highest BCUT2D eigenvalue weighted by Crippen LogP contribution is 1.84. The van der Waals surface area contributed by atoms with Crippen molar-refractivity contribution in [3.63, 3.8) is 0 Å². The lowest BCUT2D eigenvalue weighted by Gasteiger charge is -1.95. The molecule has 0 fully saturated rings. The number of sulfonamides is 1. The van der Waals surface area contributed by atoms with Crippen LogP contribution in [0.1, 0.15) is 13.8 Å². The molecular formula is C5H9NO3S. The normalized spacial score (nSPS) is 11.8. The van der Waals surface area contributed by atoms with Crippen molar-refractivity contribution in [3.8, 4) is 0 Å². The lowest BCUT2D eigenvalue weighted by Crippen LogP contribution is -2.25. The fraction of sp³-hybridized carbons (Fsp3) is 0.400. The molecule has 10 heavy (non-hydrogen) atoms. The molecule has 0 unspecified atom stereocenters. The van der Waals surface area contributed by atoms with E-state index in [1.165, 1.54) is 6.08 Å². The SMILES string of the molecule is CC=CS(=O)(=O)NC(C)=O. The van der Waals surface area contributed by atoms with Gasteiger partial charge in [-0.2, -0.15) is 0 Å². The van der Waals surface area contributed by atoms with E-state index in [0.29, 0.717) is 0 Å². The summed E-state index contributed by atoms with van der Waals surface area (Å²) in [6, 6.07) is 0. The van der Waals surface area contributed by atoms with Crippen molar-refractivity contribution in [1.82, 2.24) is 4.72 Å². The molecule has 0 radical (unpaired) electrons. The molecule has 0 rings (SSSR count). The highest BCUT2D eigenvalue weighted by Gasteiger charge is 2.04. The number of rotatable bonds is 2. The number of amides is 1. The van der Waals surface area contributed by atoms with Crippen LogP contribution >= 0.6 is 0 Å². The number of carbonyl (C=O) groups is 1. The third-order valence-electron chi connectivity index (χ3n) is 0.601. The highest BCUT2D eigenvalue weighted by molar-refractivity contribution is 7.92. The maximum atomic E-state index is 10.6. The Morgan fingerprint density at radius 3 is 2.30 bits per heavy atom. The summed E-state index contributed by atoms with van der Waals surface area (Å²) in [6.45, 7) is 2.69. The van der Waals surface area contributed by atoms with Gasteiger partial charge in [0.1, 0.15) is 0 Å². The molecule has 0 aliphatic carbocycles. The van der Waals surface area contributed by atoms with Crippen molar-refractivity contribution in [2.75, 3.05) is 0 Å². The first-order valence-electron chi connectivity index (χ1n) is 2.64. The molecule has 0 aliphatic rings. The van der Waals surface area contributed by atoms with Crippen LogP contribution in [0.15, 0.2) is 11.5 Å². The standard InChI is InChI=1S/C5H9NO3S/c1-3-4-10(8,9)6-5(2)7/h3-4H,1-2H3,(H,6,7). The molecule has 58 valence electrons. The Morgan fingerprint density at radius 1 is 1.50 bits per heavy atom. The van der Waals surface area contributed by atoms with E-state index in [2.05, 4.69) is 0 Å². The highest BCUT2D eigenvalue weighted by atomic mass is 32.2. The van der Waals surface area contributed by atoms with Crippen molar-refractivity contribution in [2.45, 2.75) is 13.8 Å².